The van der Waals surface area contributed by atoms with E-state index in [1.807, 2.05) is 41.5 Å². The number of carbonyl (C=O) groups excluding carboxylic acids is 2. The van der Waals surface area contributed by atoms with Gasteiger partial charge in [-0.1, -0.05) is 30.3 Å². The van der Waals surface area contributed by atoms with Gasteiger partial charge in [-0.05, 0) is 59.9 Å². The van der Waals surface area contributed by atoms with Gasteiger partial charge in [0, 0.05) is 22.8 Å². The van der Waals surface area contributed by atoms with Crippen LogP contribution in [0.3, 0.4) is 0 Å². The molecule has 3 heterocycles. The van der Waals surface area contributed by atoms with Crippen LogP contribution >= 0.6 is 22.7 Å². The molecule has 3 aromatic rings. The highest BCUT2D eigenvalue weighted by Crippen LogP contribution is 2.39. The molecule has 2 amide bonds. The standard InChI is InChI=1S/C24H26N2O2S2/c1-3-25(22(27)15-18-8-6-13-29-18)16-23(28)26-12-10-21-20(11-14-30-21)24(26)19-9-5-4-7-17(19)2/h4-9,11,13-14,24H,3,10,12,15-16H2,1-2H3/t24-/m1/s1. The van der Waals surface area contributed by atoms with Gasteiger partial charge in [-0.3, -0.25) is 9.59 Å². The van der Waals surface area contributed by atoms with Crippen molar-refractivity contribution in [2.75, 3.05) is 19.6 Å². The number of benzene rings is 1. The number of nitrogens with zero attached hydrogens (tertiary/aromatic N) is 2. The highest BCUT2D eigenvalue weighted by atomic mass is 32.1. The zero-order valence-electron chi connectivity index (χ0n) is 17.3. The Bertz CT molecular complexity index is 1030. The zero-order valence-corrected chi connectivity index (χ0v) is 19.0. The molecule has 4 rings (SSSR count). The van der Waals surface area contributed by atoms with Crippen molar-refractivity contribution < 1.29 is 9.59 Å². The molecule has 1 atom stereocenters. The normalized spacial score (nSPS) is 15.7. The maximum absolute atomic E-state index is 13.4. The average Bonchev–Trinajstić information content (AvgIpc) is 3.43. The fourth-order valence-corrected chi connectivity index (χ4v) is 5.72. The number of fused-ring (bicyclic) bond motifs is 1. The Balaban J connectivity index is 1.57. The van der Waals surface area contributed by atoms with E-state index in [2.05, 4.69) is 30.5 Å². The lowest BCUT2D eigenvalue weighted by molar-refractivity contribution is -0.141. The van der Waals surface area contributed by atoms with Crippen molar-refractivity contribution in [3.63, 3.8) is 0 Å². The molecule has 156 valence electrons. The fraction of sp³-hybridized carbons (Fsp3) is 0.333. The molecule has 2 aromatic heterocycles. The lowest BCUT2D eigenvalue weighted by Gasteiger charge is -2.38. The lowest BCUT2D eigenvalue weighted by atomic mass is 9.90. The summed E-state index contributed by atoms with van der Waals surface area (Å²) in [5, 5.41) is 4.09. The lowest BCUT2D eigenvalue weighted by Crippen LogP contribution is -2.47. The van der Waals surface area contributed by atoms with Gasteiger partial charge < -0.3 is 9.80 Å². The first-order chi connectivity index (χ1) is 14.6. The van der Waals surface area contributed by atoms with E-state index in [0.717, 1.165) is 16.9 Å². The van der Waals surface area contributed by atoms with Gasteiger partial charge >= 0.3 is 0 Å². The minimum absolute atomic E-state index is 0.00831. The van der Waals surface area contributed by atoms with Gasteiger partial charge in [0.2, 0.25) is 11.8 Å². The van der Waals surface area contributed by atoms with Crippen molar-refractivity contribution in [2.45, 2.75) is 32.7 Å². The van der Waals surface area contributed by atoms with Crippen LogP contribution in [0, 0.1) is 6.92 Å². The number of aryl methyl sites for hydroxylation is 1. The molecule has 0 N–H and O–H groups in total. The summed E-state index contributed by atoms with van der Waals surface area (Å²) in [6.45, 7) is 5.38. The van der Waals surface area contributed by atoms with E-state index in [0.29, 0.717) is 19.5 Å². The van der Waals surface area contributed by atoms with Crippen LogP contribution in [0.5, 0.6) is 0 Å². The summed E-state index contributed by atoms with van der Waals surface area (Å²) in [4.78, 5) is 32.3. The van der Waals surface area contributed by atoms with Crippen LogP contribution in [0.1, 0.15) is 39.4 Å². The van der Waals surface area contributed by atoms with Gasteiger partial charge in [-0.2, -0.15) is 0 Å². The molecule has 30 heavy (non-hydrogen) atoms. The van der Waals surface area contributed by atoms with E-state index in [1.165, 1.54) is 16.0 Å². The minimum Gasteiger partial charge on any atom is -0.333 e. The van der Waals surface area contributed by atoms with Crippen molar-refractivity contribution in [2.24, 2.45) is 0 Å². The number of hydrogen-bond donors (Lipinski definition) is 0. The van der Waals surface area contributed by atoms with Crippen molar-refractivity contribution in [1.82, 2.24) is 9.80 Å². The van der Waals surface area contributed by atoms with E-state index < -0.39 is 0 Å². The highest BCUT2D eigenvalue weighted by molar-refractivity contribution is 7.10. The third kappa shape index (κ3) is 4.20. The molecule has 1 aromatic carbocycles. The van der Waals surface area contributed by atoms with Crippen LogP contribution in [0.15, 0.2) is 53.2 Å². The quantitative estimate of drug-likeness (QED) is 0.561. The average molecular weight is 439 g/mol. The molecule has 0 unspecified atom stereocenters. The molecule has 0 bridgehead atoms. The number of rotatable bonds is 6. The molecular weight excluding hydrogens is 412 g/mol. The largest absolute Gasteiger partial charge is 0.333 e. The second kappa shape index (κ2) is 9.14. The van der Waals surface area contributed by atoms with E-state index in [1.54, 1.807) is 27.6 Å². The SMILES string of the molecule is CCN(CC(=O)N1CCc2sccc2[C@H]1c1ccccc1C)C(=O)Cc1cccs1. The molecule has 4 nitrogen and oxygen atoms in total. The summed E-state index contributed by atoms with van der Waals surface area (Å²) in [5.41, 5.74) is 3.57. The Kier molecular flexibility index (Phi) is 6.35. The van der Waals surface area contributed by atoms with Crippen molar-refractivity contribution in [3.05, 3.63) is 79.7 Å². The molecule has 1 aliphatic heterocycles. The monoisotopic (exact) mass is 438 g/mol. The van der Waals surface area contributed by atoms with Crippen LogP contribution in [-0.4, -0.2) is 41.2 Å². The number of carbonyl (C=O) groups is 2. The highest BCUT2D eigenvalue weighted by Gasteiger charge is 2.34. The van der Waals surface area contributed by atoms with Crippen molar-refractivity contribution in [1.29, 1.82) is 0 Å². The minimum atomic E-state index is -0.0835. The summed E-state index contributed by atoms with van der Waals surface area (Å²) in [6, 6.07) is 14.3. The predicted molar refractivity (Wildman–Crippen MR) is 123 cm³/mol. The Hall–Kier alpha value is -2.44. The third-order valence-corrected chi connectivity index (χ3v) is 7.61. The van der Waals surface area contributed by atoms with E-state index in [9.17, 15) is 9.59 Å². The van der Waals surface area contributed by atoms with Crippen LogP contribution in [-0.2, 0) is 22.4 Å². The molecule has 0 aliphatic carbocycles. The fourth-order valence-electron chi connectivity index (χ4n) is 4.12. The summed E-state index contributed by atoms with van der Waals surface area (Å²) >= 11 is 3.34. The third-order valence-electron chi connectivity index (χ3n) is 5.74. The van der Waals surface area contributed by atoms with E-state index in [-0.39, 0.29) is 24.4 Å². The Morgan fingerprint density at radius 1 is 1.07 bits per heavy atom. The van der Waals surface area contributed by atoms with E-state index >= 15 is 0 Å². The molecule has 0 radical (unpaired) electrons. The summed E-state index contributed by atoms with van der Waals surface area (Å²) in [7, 11) is 0. The van der Waals surface area contributed by atoms with Gasteiger partial charge in [-0.25, -0.2) is 0 Å². The molecule has 0 saturated heterocycles. The number of thiophene rings is 2. The second-order valence-electron chi connectivity index (χ2n) is 7.56. The van der Waals surface area contributed by atoms with Gasteiger partial charge in [-0.15, -0.1) is 22.7 Å². The Morgan fingerprint density at radius 2 is 1.90 bits per heavy atom. The first-order valence-corrected chi connectivity index (χ1v) is 12.1. The summed E-state index contributed by atoms with van der Waals surface area (Å²) < 4.78 is 0. The van der Waals surface area contributed by atoms with Gasteiger partial charge in [0.25, 0.3) is 0 Å². The molecule has 0 spiro atoms. The topological polar surface area (TPSA) is 40.6 Å². The van der Waals surface area contributed by atoms with E-state index in [4.69, 9.17) is 0 Å². The Labute approximate surface area is 185 Å². The zero-order chi connectivity index (χ0) is 21.1. The Morgan fingerprint density at radius 3 is 2.63 bits per heavy atom. The number of hydrogen-bond acceptors (Lipinski definition) is 4. The van der Waals surface area contributed by atoms with Crippen molar-refractivity contribution >= 4 is 34.5 Å². The maximum Gasteiger partial charge on any atom is 0.242 e. The smallest absolute Gasteiger partial charge is 0.242 e. The van der Waals surface area contributed by atoms with Crippen molar-refractivity contribution in [3.8, 4) is 0 Å². The first-order valence-electron chi connectivity index (χ1n) is 10.3. The molecular formula is C24H26N2O2S2. The number of amides is 2. The van der Waals surface area contributed by atoms with Crippen LogP contribution in [0.4, 0.5) is 0 Å². The summed E-state index contributed by atoms with van der Waals surface area (Å²) in [5.74, 6) is 0.0236. The second-order valence-corrected chi connectivity index (χ2v) is 9.59. The molecule has 0 fully saturated rings. The summed E-state index contributed by atoms with van der Waals surface area (Å²) in [6.07, 6.45) is 1.23. The van der Waals surface area contributed by atoms with Crippen LogP contribution in [0.25, 0.3) is 0 Å². The van der Waals surface area contributed by atoms with Gasteiger partial charge in [0.15, 0.2) is 0 Å². The van der Waals surface area contributed by atoms with Crippen LogP contribution in [0.2, 0.25) is 0 Å². The predicted octanol–water partition coefficient (Wildman–Crippen LogP) is 4.68. The number of likely N-dealkylation sites (N-methyl/N-ethyl adjacent to an activating group) is 1. The van der Waals surface area contributed by atoms with Gasteiger partial charge in [0.1, 0.15) is 0 Å². The first kappa shape index (κ1) is 20.8. The maximum atomic E-state index is 13.4. The van der Waals surface area contributed by atoms with Crippen LogP contribution < -0.4 is 0 Å². The molecule has 1 aliphatic rings. The molecule has 6 heteroatoms. The molecule has 0 saturated carbocycles. The van der Waals surface area contributed by atoms with Gasteiger partial charge in [0.05, 0.1) is 19.0 Å².